The van der Waals surface area contributed by atoms with Crippen molar-refractivity contribution in [1.82, 2.24) is 0 Å². The van der Waals surface area contributed by atoms with Gasteiger partial charge in [-0.15, -0.1) is 0 Å². The highest BCUT2D eigenvalue weighted by molar-refractivity contribution is 6.04. The number of nitrogens with one attached hydrogen (secondary N) is 2. The second kappa shape index (κ2) is 7.51. The van der Waals surface area contributed by atoms with Crippen molar-refractivity contribution in [3.63, 3.8) is 0 Å². The van der Waals surface area contributed by atoms with Gasteiger partial charge in [-0.25, -0.2) is 0 Å². The lowest BCUT2D eigenvalue weighted by Crippen LogP contribution is -2.18. The number of carbonyl (C=O) groups is 2. The summed E-state index contributed by atoms with van der Waals surface area (Å²) in [5.74, 6) is -0.325. The Morgan fingerprint density at radius 3 is 1.96 bits per heavy atom. The number of carbonyl (C=O) groups excluding carboxylic acids is 2. The molecule has 0 bridgehead atoms. The van der Waals surface area contributed by atoms with Crippen LogP contribution in [0.4, 0.5) is 11.4 Å². The van der Waals surface area contributed by atoms with E-state index in [2.05, 4.69) is 31.4 Å². The normalized spacial score (nSPS) is 11.3. The summed E-state index contributed by atoms with van der Waals surface area (Å²) in [6.45, 7) is 10.1. The molecule has 0 radical (unpaired) electrons. The molecule has 4 nitrogen and oxygen atoms in total. The summed E-state index contributed by atoms with van der Waals surface area (Å²) in [6.07, 6.45) is 0. The average molecular weight is 338 g/mol. The first-order chi connectivity index (χ1) is 11.7. The van der Waals surface area contributed by atoms with Crippen LogP contribution in [0.5, 0.6) is 0 Å². The van der Waals surface area contributed by atoms with E-state index >= 15 is 0 Å². The van der Waals surface area contributed by atoms with Crippen LogP contribution in [-0.2, 0) is 10.2 Å². The van der Waals surface area contributed by atoms with E-state index in [-0.39, 0.29) is 23.1 Å². The van der Waals surface area contributed by atoms with E-state index < -0.39 is 0 Å². The predicted molar refractivity (Wildman–Crippen MR) is 103 cm³/mol. The third-order valence-corrected chi connectivity index (χ3v) is 3.93. The molecule has 0 saturated heterocycles. The summed E-state index contributed by atoms with van der Waals surface area (Å²) in [5.41, 5.74) is 3.15. The van der Waals surface area contributed by atoms with Crippen LogP contribution in [0.25, 0.3) is 0 Å². The van der Waals surface area contributed by atoms with Crippen molar-refractivity contribution < 1.29 is 9.59 Å². The highest BCUT2D eigenvalue weighted by atomic mass is 16.2. The van der Waals surface area contributed by atoms with Gasteiger partial charge in [0.25, 0.3) is 5.91 Å². The molecular weight excluding hydrogens is 312 g/mol. The molecule has 0 atom stereocenters. The fourth-order valence-electron chi connectivity index (χ4n) is 2.29. The van der Waals surface area contributed by atoms with Crippen molar-refractivity contribution >= 4 is 23.2 Å². The fraction of sp³-hybridized carbons (Fsp3) is 0.333. The van der Waals surface area contributed by atoms with E-state index in [0.29, 0.717) is 16.9 Å². The van der Waals surface area contributed by atoms with Gasteiger partial charge in [-0.1, -0.05) is 52.8 Å². The van der Waals surface area contributed by atoms with E-state index in [1.54, 1.807) is 24.3 Å². The van der Waals surface area contributed by atoms with E-state index in [1.807, 2.05) is 38.1 Å². The number of hydrogen-bond acceptors (Lipinski definition) is 2. The Bertz CT molecular complexity index is 756. The zero-order chi connectivity index (χ0) is 18.6. The molecule has 0 aliphatic heterocycles. The minimum absolute atomic E-state index is 0.0535. The first-order valence-electron chi connectivity index (χ1n) is 8.49. The smallest absolute Gasteiger partial charge is 0.255 e. The number of anilines is 2. The van der Waals surface area contributed by atoms with Gasteiger partial charge < -0.3 is 10.6 Å². The second-order valence-electron chi connectivity index (χ2n) is 7.51. The number of amides is 2. The Kier molecular flexibility index (Phi) is 5.62. The van der Waals surface area contributed by atoms with Crippen LogP contribution in [-0.4, -0.2) is 11.8 Å². The zero-order valence-corrected chi connectivity index (χ0v) is 15.5. The van der Waals surface area contributed by atoms with E-state index in [4.69, 9.17) is 0 Å². The van der Waals surface area contributed by atoms with Gasteiger partial charge in [0.15, 0.2) is 0 Å². The van der Waals surface area contributed by atoms with Gasteiger partial charge in [0, 0.05) is 22.9 Å². The van der Waals surface area contributed by atoms with Crippen LogP contribution in [0.2, 0.25) is 0 Å². The molecule has 2 N–H and O–H groups in total. The highest BCUT2D eigenvalue weighted by Gasteiger charge is 2.14. The number of hydrogen-bond donors (Lipinski definition) is 2. The molecule has 2 aromatic carbocycles. The lowest BCUT2D eigenvalue weighted by Gasteiger charge is -2.19. The molecule has 25 heavy (non-hydrogen) atoms. The van der Waals surface area contributed by atoms with Gasteiger partial charge in [-0.2, -0.15) is 0 Å². The van der Waals surface area contributed by atoms with Gasteiger partial charge in [-0.3, -0.25) is 9.59 Å². The Balaban J connectivity index is 2.09. The monoisotopic (exact) mass is 338 g/mol. The van der Waals surface area contributed by atoms with Crippen molar-refractivity contribution in [1.29, 1.82) is 0 Å². The topological polar surface area (TPSA) is 58.2 Å². The maximum Gasteiger partial charge on any atom is 0.255 e. The SMILES string of the molecule is CC(C)C(=O)Nc1cccc(NC(=O)c2ccc(C(C)(C)C)cc2)c1. The second-order valence-corrected chi connectivity index (χ2v) is 7.51. The molecular formula is C21H26N2O2. The zero-order valence-electron chi connectivity index (χ0n) is 15.5. The highest BCUT2D eigenvalue weighted by Crippen LogP contribution is 2.23. The van der Waals surface area contributed by atoms with E-state index in [1.165, 1.54) is 5.56 Å². The molecule has 0 fully saturated rings. The van der Waals surface area contributed by atoms with Gasteiger partial charge in [-0.05, 0) is 41.3 Å². The Morgan fingerprint density at radius 1 is 0.880 bits per heavy atom. The Hall–Kier alpha value is -2.62. The molecule has 2 aromatic rings. The summed E-state index contributed by atoms with van der Waals surface area (Å²) >= 11 is 0. The maximum atomic E-state index is 12.4. The van der Waals surface area contributed by atoms with Crippen LogP contribution < -0.4 is 10.6 Å². The number of benzene rings is 2. The van der Waals surface area contributed by atoms with Crippen molar-refractivity contribution in [3.05, 3.63) is 59.7 Å². The van der Waals surface area contributed by atoms with Crippen molar-refractivity contribution in [2.45, 2.75) is 40.0 Å². The molecule has 4 heteroatoms. The van der Waals surface area contributed by atoms with Crippen LogP contribution >= 0.6 is 0 Å². The maximum absolute atomic E-state index is 12.4. The summed E-state index contributed by atoms with van der Waals surface area (Å²) in [4.78, 5) is 24.2. The predicted octanol–water partition coefficient (Wildman–Crippen LogP) is 4.83. The fourth-order valence-corrected chi connectivity index (χ4v) is 2.29. The lowest BCUT2D eigenvalue weighted by atomic mass is 9.87. The first kappa shape index (κ1) is 18.7. The minimum atomic E-state index is -0.173. The molecule has 132 valence electrons. The molecule has 0 aliphatic rings. The molecule has 2 rings (SSSR count). The van der Waals surface area contributed by atoms with E-state index in [9.17, 15) is 9.59 Å². The molecule has 0 aliphatic carbocycles. The van der Waals surface area contributed by atoms with Gasteiger partial charge >= 0.3 is 0 Å². The lowest BCUT2D eigenvalue weighted by molar-refractivity contribution is -0.118. The summed E-state index contributed by atoms with van der Waals surface area (Å²) in [7, 11) is 0. The van der Waals surface area contributed by atoms with Crippen LogP contribution in [0.3, 0.4) is 0 Å². The van der Waals surface area contributed by atoms with Crippen LogP contribution in [0.15, 0.2) is 48.5 Å². The van der Waals surface area contributed by atoms with Gasteiger partial charge in [0.05, 0.1) is 0 Å². The van der Waals surface area contributed by atoms with Crippen molar-refractivity contribution in [3.8, 4) is 0 Å². The summed E-state index contributed by atoms with van der Waals surface area (Å²) < 4.78 is 0. The third kappa shape index (κ3) is 5.18. The molecule has 0 spiro atoms. The average Bonchev–Trinajstić information content (AvgIpc) is 2.54. The molecule has 0 saturated carbocycles. The molecule has 0 unspecified atom stereocenters. The van der Waals surface area contributed by atoms with Crippen molar-refractivity contribution in [2.75, 3.05) is 10.6 Å². The largest absolute Gasteiger partial charge is 0.326 e. The summed E-state index contributed by atoms with van der Waals surface area (Å²) in [5, 5.41) is 5.70. The first-order valence-corrected chi connectivity index (χ1v) is 8.49. The number of rotatable bonds is 4. The molecule has 2 amide bonds. The third-order valence-electron chi connectivity index (χ3n) is 3.93. The minimum Gasteiger partial charge on any atom is -0.326 e. The Labute approximate surface area is 149 Å². The van der Waals surface area contributed by atoms with Crippen molar-refractivity contribution in [2.24, 2.45) is 5.92 Å². The van der Waals surface area contributed by atoms with Crippen LogP contribution in [0, 0.1) is 5.92 Å². The molecule has 0 aromatic heterocycles. The van der Waals surface area contributed by atoms with Crippen LogP contribution in [0.1, 0.15) is 50.5 Å². The standard InChI is InChI=1S/C21H26N2O2/c1-14(2)19(24)22-17-7-6-8-18(13-17)23-20(25)15-9-11-16(12-10-15)21(3,4)5/h6-14H,1-5H3,(H,22,24)(H,23,25). The van der Waals surface area contributed by atoms with E-state index in [0.717, 1.165) is 0 Å². The Morgan fingerprint density at radius 2 is 1.44 bits per heavy atom. The quantitative estimate of drug-likeness (QED) is 0.839. The van der Waals surface area contributed by atoms with Gasteiger partial charge in [0.2, 0.25) is 5.91 Å². The summed E-state index contributed by atoms with van der Waals surface area (Å²) in [6, 6.07) is 14.8. The molecule has 0 heterocycles. The van der Waals surface area contributed by atoms with Gasteiger partial charge in [0.1, 0.15) is 0 Å².